The molecule has 0 saturated carbocycles. The van der Waals surface area contributed by atoms with Crippen LogP contribution in [-0.2, 0) is 17.5 Å². The number of rotatable bonds is 7. The Balaban J connectivity index is 1.25. The Morgan fingerprint density at radius 3 is 2.39 bits per heavy atom. The monoisotopic (exact) mass is 524 g/mol. The summed E-state index contributed by atoms with van der Waals surface area (Å²) in [5.41, 5.74) is -0.877. The Morgan fingerprint density at radius 1 is 1.08 bits per heavy atom. The van der Waals surface area contributed by atoms with Crippen molar-refractivity contribution in [1.29, 1.82) is 0 Å². The van der Waals surface area contributed by atoms with E-state index in [0.29, 0.717) is 43.0 Å². The first-order chi connectivity index (χ1) is 17.2. The van der Waals surface area contributed by atoms with E-state index in [-0.39, 0.29) is 23.4 Å². The van der Waals surface area contributed by atoms with Crippen LogP contribution in [0, 0.1) is 0 Å². The third kappa shape index (κ3) is 6.62. The maximum atomic E-state index is 12.6. The summed E-state index contributed by atoms with van der Waals surface area (Å²) in [6.45, 7) is 0.556. The molecular formula is C21H19F3N6O5S. The molecule has 11 nitrogen and oxygen atoms in total. The molecule has 1 N–H and O–H groups in total. The van der Waals surface area contributed by atoms with E-state index in [1.54, 1.807) is 4.90 Å². The number of carbonyl (C=O) groups is 2. The van der Waals surface area contributed by atoms with Crippen LogP contribution >= 0.6 is 11.8 Å². The summed E-state index contributed by atoms with van der Waals surface area (Å²) < 4.78 is 49.9. The Labute approximate surface area is 206 Å². The van der Waals surface area contributed by atoms with E-state index in [9.17, 15) is 22.8 Å². The first-order valence-electron chi connectivity index (χ1n) is 10.6. The average molecular weight is 524 g/mol. The lowest BCUT2D eigenvalue weighted by Gasteiger charge is -2.30. The summed E-state index contributed by atoms with van der Waals surface area (Å²) >= 11 is 1.37. The van der Waals surface area contributed by atoms with Gasteiger partial charge in [0.25, 0.3) is 0 Å². The van der Waals surface area contributed by atoms with Crippen LogP contribution in [0.2, 0.25) is 0 Å². The van der Waals surface area contributed by atoms with Gasteiger partial charge in [0.15, 0.2) is 0 Å². The van der Waals surface area contributed by atoms with Crippen molar-refractivity contribution in [3.8, 4) is 17.4 Å². The number of aromatic nitrogens is 5. The maximum absolute atomic E-state index is 12.6. The van der Waals surface area contributed by atoms with Crippen molar-refractivity contribution in [2.45, 2.75) is 36.0 Å². The van der Waals surface area contributed by atoms with Crippen molar-refractivity contribution in [2.75, 3.05) is 13.1 Å². The number of pyridine rings is 1. The maximum Gasteiger partial charge on any atom is 0.417 e. The van der Waals surface area contributed by atoms with E-state index in [1.807, 2.05) is 0 Å². The number of alkyl halides is 3. The molecule has 0 spiro atoms. The van der Waals surface area contributed by atoms with E-state index in [1.165, 1.54) is 40.7 Å². The smallest absolute Gasteiger partial charge is 0.417 e. The SMILES string of the molecule is O=C(O)Cn1nnnc1SC1CCN(C(=O)Oc2ccc(Oc3ccc(C(F)(F)F)cn3)cc2)CC1. The lowest BCUT2D eigenvalue weighted by Crippen LogP contribution is -2.41. The van der Waals surface area contributed by atoms with Gasteiger partial charge in [0.1, 0.15) is 18.0 Å². The second-order valence-corrected chi connectivity index (χ2v) is 8.91. The predicted molar refractivity (Wildman–Crippen MR) is 118 cm³/mol. The van der Waals surface area contributed by atoms with Gasteiger partial charge < -0.3 is 19.5 Å². The number of aliphatic carboxylic acids is 1. The molecule has 0 radical (unpaired) electrons. The minimum atomic E-state index is -4.48. The highest BCUT2D eigenvalue weighted by molar-refractivity contribution is 7.99. The Hall–Kier alpha value is -3.88. The van der Waals surface area contributed by atoms with E-state index in [0.717, 1.165) is 12.1 Å². The molecule has 2 aromatic heterocycles. The van der Waals surface area contributed by atoms with Crippen LogP contribution in [0.3, 0.4) is 0 Å². The standard InChI is InChI=1S/C21H19F3N6O5S/c22-21(23,24)13-1-6-17(25-11-13)34-14-2-4-15(5-3-14)35-20(33)29-9-7-16(8-10-29)36-19-26-27-28-30(19)12-18(31)32/h1-6,11,16H,7-10,12H2,(H,31,32). The highest BCUT2D eigenvalue weighted by atomic mass is 32.2. The molecule has 1 fully saturated rings. The topological polar surface area (TPSA) is 133 Å². The average Bonchev–Trinajstić information content (AvgIpc) is 3.26. The number of likely N-dealkylation sites (tertiary alicyclic amines) is 1. The van der Waals surface area contributed by atoms with Crippen molar-refractivity contribution >= 4 is 23.8 Å². The van der Waals surface area contributed by atoms with E-state index < -0.39 is 23.8 Å². The van der Waals surface area contributed by atoms with Gasteiger partial charge in [-0.05, 0) is 53.6 Å². The number of carboxylic acid groups (broad SMARTS) is 1. The summed E-state index contributed by atoms with van der Waals surface area (Å²) in [6.07, 6.45) is -3.03. The number of carbonyl (C=O) groups excluding carboxylic acids is 1. The van der Waals surface area contributed by atoms with Gasteiger partial charge in [-0.3, -0.25) is 4.79 Å². The lowest BCUT2D eigenvalue weighted by atomic mass is 10.1. The van der Waals surface area contributed by atoms with Crippen LogP contribution in [-0.4, -0.2) is 65.6 Å². The van der Waals surface area contributed by atoms with Gasteiger partial charge in [0.2, 0.25) is 11.0 Å². The fourth-order valence-corrected chi connectivity index (χ4v) is 4.33. The summed E-state index contributed by atoms with van der Waals surface area (Å²) in [7, 11) is 0. The molecule has 1 aliphatic heterocycles. The first-order valence-corrected chi connectivity index (χ1v) is 11.5. The van der Waals surface area contributed by atoms with E-state index >= 15 is 0 Å². The number of hydrogen-bond donors (Lipinski definition) is 1. The molecule has 1 saturated heterocycles. The zero-order valence-electron chi connectivity index (χ0n) is 18.5. The van der Waals surface area contributed by atoms with Crippen LogP contribution in [0.5, 0.6) is 17.4 Å². The number of tetrazole rings is 1. The van der Waals surface area contributed by atoms with Crippen molar-refractivity contribution < 1.29 is 37.3 Å². The van der Waals surface area contributed by atoms with Gasteiger partial charge in [0, 0.05) is 30.6 Å². The number of nitrogens with zero attached hydrogens (tertiary/aromatic N) is 6. The molecule has 3 aromatic rings. The van der Waals surface area contributed by atoms with Gasteiger partial charge in [-0.25, -0.2) is 14.5 Å². The molecule has 3 heterocycles. The van der Waals surface area contributed by atoms with Crippen LogP contribution in [0.1, 0.15) is 18.4 Å². The van der Waals surface area contributed by atoms with Gasteiger partial charge >= 0.3 is 18.2 Å². The Morgan fingerprint density at radius 2 is 1.78 bits per heavy atom. The molecule has 0 aliphatic carbocycles. The van der Waals surface area contributed by atoms with Gasteiger partial charge in [0.05, 0.1) is 5.56 Å². The zero-order valence-corrected chi connectivity index (χ0v) is 19.3. The van der Waals surface area contributed by atoms with Crippen molar-refractivity contribution in [1.82, 2.24) is 30.1 Å². The second-order valence-electron chi connectivity index (χ2n) is 7.64. The molecule has 0 unspecified atom stereocenters. The molecule has 0 bridgehead atoms. The predicted octanol–water partition coefficient (Wildman–Crippen LogP) is 3.72. The highest BCUT2D eigenvalue weighted by Crippen LogP contribution is 2.31. The molecule has 4 rings (SSSR count). The Bertz CT molecular complexity index is 1200. The van der Waals surface area contributed by atoms with Crippen LogP contribution < -0.4 is 9.47 Å². The third-order valence-electron chi connectivity index (χ3n) is 5.07. The molecule has 15 heteroatoms. The zero-order chi connectivity index (χ0) is 25.7. The van der Waals surface area contributed by atoms with E-state index in [4.69, 9.17) is 14.6 Å². The van der Waals surface area contributed by atoms with Crippen LogP contribution in [0.25, 0.3) is 0 Å². The number of ether oxygens (including phenoxy) is 2. The summed E-state index contributed by atoms with van der Waals surface area (Å²) in [6, 6.07) is 8.01. The quantitative estimate of drug-likeness (QED) is 0.488. The Kier molecular flexibility index (Phi) is 7.57. The number of amides is 1. The fraction of sp³-hybridized carbons (Fsp3) is 0.333. The number of piperidine rings is 1. The van der Waals surface area contributed by atoms with Crippen molar-refractivity contribution in [2.24, 2.45) is 0 Å². The van der Waals surface area contributed by atoms with Gasteiger partial charge in [-0.1, -0.05) is 11.8 Å². The fourth-order valence-electron chi connectivity index (χ4n) is 3.28. The summed E-state index contributed by atoms with van der Waals surface area (Å²) in [5.74, 6) is -0.467. The molecule has 1 aliphatic rings. The molecule has 1 aromatic carbocycles. The van der Waals surface area contributed by atoms with Crippen LogP contribution in [0.15, 0.2) is 47.8 Å². The molecule has 1 amide bonds. The van der Waals surface area contributed by atoms with Crippen molar-refractivity contribution in [3.63, 3.8) is 0 Å². The first kappa shape index (κ1) is 25.2. The van der Waals surface area contributed by atoms with E-state index in [2.05, 4.69) is 20.5 Å². The largest absolute Gasteiger partial charge is 0.480 e. The number of carboxylic acids is 1. The number of benzene rings is 1. The molecule has 36 heavy (non-hydrogen) atoms. The second kappa shape index (κ2) is 10.8. The van der Waals surface area contributed by atoms with Crippen molar-refractivity contribution in [3.05, 3.63) is 48.2 Å². The van der Waals surface area contributed by atoms with Gasteiger partial charge in [-0.15, -0.1) is 5.10 Å². The number of thioether (sulfide) groups is 1. The minimum Gasteiger partial charge on any atom is -0.480 e. The summed E-state index contributed by atoms with van der Waals surface area (Å²) in [5, 5.41) is 20.5. The lowest BCUT2D eigenvalue weighted by molar-refractivity contribution is -0.138. The normalized spacial score (nSPS) is 14.5. The number of hydrogen-bond acceptors (Lipinski definition) is 9. The number of halogens is 3. The van der Waals surface area contributed by atoms with Gasteiger partial charge in [-0.2, -0.15) is 13.2 Å². The molecule has 0 atom stereocenters. The van der Waals surface area contributed by atoms with Crippen LogP contribution in [0.4, 0.5) is 18.0 Å². The summed E-state index contributed by atoms with van der Waals surface area (Å²) in [4.78, 5) is 28.6. The third-order valence-corrected chi connectivity index (χ3v) is 6.38. The molecular weight excluding hydrogens is 505 g/mol. The molecule has 190 valence electrons. The minimum absolute atomic E-state index is 0.00882. The highest BCUT2D eigenvalue weighted by Gasteiger charge is 2.31.